The molecule has 0 spiro atoms. The highest BCUT2D eigenvalue weighted by Crippen LogP contribution is 2.38. The van der Waals surface area contributed by atoms with Crippen LogP contribution in [-0.4, -0.2) is 43.4 Å². The van der Waals surface area contributed by atoms with Crippen LogP contribution in [0.3, 0.4) is 0 Å². The van der Waals surface area contributed by atoms with Gasteiger partial charge in [0.15, 0.2) is 0 Å². The first-order valence-electron chi connectivity index (χ1n) is 11.7. The number of hydrogen-bond acceptors (Lipinski definition) is 3. The van der Waals surface area contributed by atoms with Crippen LogP contribution < -0.4 is 5.32 Å². The van der Waals surface area contributed by atoms with E-state index in [9.17, 15) is 4.79 Å². The molecular weight excluding hydrogens is 416 g/mol. The summed E-state index contributed by atoms with van der Waals surface area (Å²) < 4.78 is 6.93. The van der Waals surface area contributed by atoms with Gasteiger partial charge in [-0.3, -0.25) is 5.32 Å². The van der Waals surface area contributed by atoms with Gasteiger partial charge in [0.2, 0.25) is 0 Å². The standard InChI is InChI=1S/C27H30N2O2S/c30-27(28-25-14-18-32-26(25)23-9-5-2-6-10-23)31-20-24-19-29(16-12-22(24)13-17-29)15-11-21-7-3-1-4-8-21/h1-10,14,18,22,24H,11-13,15-17,19-20H2/p+1. The van der Waals surface area contributed by atoms with E-state index in [1.54, 1.807) is 11.3 Å². The largest absolute Gasteiger partial charge is 0.449 e. The van der Waals surface area contributed by atoms with Gasteiger partial charge >= 0.3 is 6.09 Å². The summed E-state index contributed by atoms with van der Waals surface area (Å²) >= 11 is 1.63. The van der Waals surface area contributed by atoms with Gasteiger partial charge in [-0.2, -0.15) is 0 Å². The van der Waals surface area contributed by atoms with Gasteiger partial charge < -0.3 is 9.22 Å². The number of amides is 1. The molecule has 4 nitrogen and oxygen atoms in total. The zero-order valence-corrected chi connectivity index (χ0v) is 19.2. The molecule has 3 fully saturated rings. The lowest BCUT2D eigenvalue weighted by molar-refractivity contribution is -0.946. The van der Waals surface area contributed by atoms with Gasteiger partial charge in [0.1, 0.15) is 6.61 Å². The van der Waals surface area contributed by atoms with Crippen molar-refractivity contribution in [2.24, 2.45) is 11.8 Å². The lowest BCUT2D eigenvalue weighted by Gasteiger charge is -2.52. The number of ether oxygens (including phenoxy) is 1. The lowest BCUT2D eigenvalue weighted by Crippen LogP contribution is -2.63. The number of carbonyl (C=O) groups is 1. The van der Waals surface area contributed by atoms with Gasteiger partial charge in [-0.05, 0) is 28.5 Å². The van der Waals surface area contributed by atoms with Crippen molar-refractivity contribution in [2.45, 2.75) is 19.3 Å². The molecule has 5 heteroatoms. The van der Waals surface area contributed by atoms with Crippen LogP contribution in [0, 0.1) is 11.8 Å². The molecule has 0 saturated carbocycles. The van der Waals surface area contributed by atoms with Crippen LogP contribution >= 0.6 is 11.3 Å². The average molecular weight is 448 g/mol. The molecule has 0 radical (unpaired) electrons. The number of fused-ring (bicyclic) bond motifs is 3. The molecule has 2 aromatic carbocycles. The predicted molar refractivity (Wildman–Crippen MR) is 131 cm³/mol. The van der Waals surface area contributed by atoms with Gasteiger partial charge in [-0.15, -0.1) is 11.3 Å². The molecule has 1 amide bonds. The Morgan fingerprint density at radius 1 is 1.00 bits per heavy atom. The average Bonchev–Trinajstić information content (AvgIpc) is 3.31. The minimum Gasteiger partial charge on any atom is -0.449 e. The molecule has 0 aliphatic carbocycles. The summed E-state index contributed by atoms with van der Waals surface area (Å²) in [5.41, 5.74) is 3.36. The van der Waals surface area contributed by atoms with Crippen molar-refractivity contribution in [1.82, 2.24) is 0 Å². The number of thiophene rings is 1. The van der Waals surface area contributed by atoms with Gasteiger partial charge in [0.25, 0.3) is 0 Å². The van der Waals surface area contributed by atoms with Crippen LogP contribution in [0.1, 0.15) is 18.4 Å². The monoisotopic (exact) mass is 447 g/mol. The van der Waals surface area contributed by atoms with Gasteiger partial charge in [0.05, 0.1) is 36.7 Å². The minimum atomic E-state index is -0.340. The van der Waals surface area contributed by atoms with Crippen LogP contribution in [0.2, 0.25) is 0 Å². The van der Waals surface area contributed by atoms with E-state index in [1.165, 1.54) is 42.5 Å². The zero-order chi connectivity index (χ0) is 21.8. The second-order valence-electron chi connectivity index (χ2n) is 9.28. The molecule has 1 N–H and O–H groups in total. The van der Waals surface area contributed by atoms with E-state index in [0.717, 1.165) is 29.1 Å². The van der Waals surface area contributed by atoms with E-state index >= 15 is 0 Å². The number of piperidine rings is 3. The second-order valence-corrected chi connectivity index (χ2v) is 10.2. The maximum absolute atomic E-state index is 12.6. The van der Waals surface area contributed by atoms with E-state index in [2.05, 4.69) is 47.8 Å². The highest BCUT2D eigenvalue weighted by molar-refractivity contribution is 7.14. The highest BCUT2D eigenvalue weighted by atomic mass is 32.1. The maximum atomic E-state index is 12.6. The van der Waals surface area contributed by atoms with E-state index in [-0.39, 0.29) is 6.09 Å². The second kappa shape index (κ2) is 9.47. The molecule has 6 rings (SSSR count). The number of carbonyl (C=O) groups excluding carboxylic acids is 1. The summed E-state index contributed by atoms with van der Waals surface area (Å²) in [5.74, 6) is 1.16. The molecule has 3 aliphatic rings. The molecule has 32 heavy (non-hydrogen) atoms. The predicted octanol–water partition coefficient (Wildman–Crippen LogP) is 6.06. The highest BCUT2D eigenvalue weighted by Gasteiger charge is 2.45. The zero-order valence-electron chi connectivity index (χ0n) is 18.4. The first-order chi connectivity index (χ1) is 15.7. The van der Waals surface area contributed by atoms with Crippen LogP contribution in [-0.2, 0) is 11.2 Å². The third kappa shape index (κ3) is 4.74. The molecule has 2 bridgehead atoms. The van der Waals surface area contributed by atoms with E-state index in [4.69, 9.17) is 4.74 Å². The van der Waals surface area contributed by atoms with Crippen LogP contribution in [0.5, 0.6) is 0 Å². The van der Waals surface area contributed by atoms with Crippen molar-refractivity contribution in [1.29, 1.82) is 0 Å². The molecule has 1 atom stereocenters. The quantitative estimate of drug-likeness (QED) is 0.447. The van der Waals surface area contributed by atoms with Crippen molar-refractivity contribution >= 4 is 23.1 Å². The number of nitrogens with one attached hydrogen (secondary N) is 1. The van der Waals surface area contributed by atoms with Gasteiger partial charge in [-0.1, -0.05) is 60.7 Å². The molecule has 3 aromatic rings. The molecule has 3 saturated heterocycles. The SMILES string of the molecule is O=C(Nc1ccsc1-c1ccccc1)OCC1C[N+]2(CCc3ccccc3)CCC1CC2. The van der Waals surface area contributed by atoms with Crippen LogP contribution in [0.15, 0.2) is 72.1 Å². The van der Waals surface area contributed by atoms with Crippen LogP contribution in [0.25, 0.3) is 10.4 Å². The first-order valence-corrected chi connectivity index (χ1v) is 12.5. The molecular formula is C27H31N2O2S+. The van der Waals surface area contributed by atoms with E-state index < -0.39 is 0 Å². The minimum absolute atomic E-state index is 0.340. The fourth-order valence-electron chi connectivity index (χ4n) is 5.50. The number of quaternary nitrogens is 1. The summed E-state index contributed by atoms with van der Waals surface area (Å²) in [6.07, 6.45) is 3.30. The lowest BCUT2D eigenvalue weighted by atomic mass is 9.77. The number of rotatable bonds is 7. The van der Waals surface area contributed by atoms with Crippen LogP contribution in [0.4, 0.5) is 10.5 Å². The summed E-state index contributed by atoms with van der Waals surface area (Å²) in [7, 11) is 0. The summed E-state index contributed by atoms with van der Waals surface area (Å²) in [4.78, 5) is 13.7. The van der Waals surface area contributed by atoms with Crippen molar-refractivity contribution in [2.75, 3.05) is 38.1 Å². The van der Waals surface area contributed by atoms with E-state index in [1.807, 2.05) is 29.6 Å². The van der Waals surface area contributed by atoms with Crippen molar-refractivity contribution in [3.8, 4) is 10.4 Å². The number of nitrogens with zero attached hydrogens (tertiary/aromatic N) is 1. The Bertz CT molecular complexity index is 1030. The summed E-state index contributed by atoms with van der Waals surface area (Å²) in [5, 5.41) is 4.98. The fraction of sp³-hybridized carbons (Fsp3) is 0.370. The Hall–Kier alpha value is -2.63. The Balaban J connectivity index is 1.16. The molecule has 1 aromatic heterocycles. The Morgan fingerprint density at radius 2 is 1.72 bits per heavy atom. The maximum Gasteiger partial charge on any atom is 0.411 e. The van der Waals surface area contributed by atoms with Gasteiger partial charge in [0, 0.05) is 25.2 Å². The molecule has 166 valence electrons. The first kappa shape index (κ1) is 21.2. The van der Waals surface area contributed by atoms with E-state index in [0.29, 0.717) is 18.4 Å². The van der Waals surface area contributed by atoms with Crippen molar-refractivity contribution in [3.63, 3.8) is 0 Å². The molecule has 3 aliphatic heterocycles. The fourth-order valence-corrected chi connectivity index (χ4v) is 6.36. The van der Waals surface area contributed by atoms with Crippen molar-refractivity contribution in [3.05, 3.63) is 77.7 Å². The number of benzene rings is 2. The number of hydrogen-bond donors (Lipinski definition) is 1. The Kier molecular flexibility index (Phi) is 6.28. The topological polar surface area (TPSA) is 38.3 Å². The van der Waals surface area contributed by atoms with Gasteiger partial charge in [-0.25, -0.2) is 4.79 Å². The molecule has 1 unspecified atom stereocenters. The van der Waals surface area contributed by atoms with Crippen molar-refractivity contribution < 1.29 is 14.0 Å². The smallest absolute Gasteiger partial charge is 0.411 e. The normalized spacial score (nSPS) is 24.2. The Labute approximate surface area is 194 Å². The summed E-state index contributed by atoms with van der Waals surface area (Å²) in [6.45, 7) is 5.39. The summed E-state index contributed by atoms with van der Waals surface area (Å²) in [6, 6.07) is 22.9. The third-order valence-electron chi connectivity index (χ3n) is 7.32. The molecule has 4 heterocycles. The third-order valence-corrected chi connectivity index (χ3v) is 8.28. The number of anilines is 1. The Morgan fingerprint density at radius 3 is 2.47 bits per heavy atom.